The van der Waals surface area contributed by atoms with Gasteiger partial charge in [0, 0.05) is 5.75 Å². The fourth-order valence-electron chi connectivity index (χ4n) is 5.36. The second-order valence-corrected chi connectivity index (χ2v) is 12.5. The summed E-state index contributed by atoms with van der Waals surface area (Å²) in [5, 5.41) is 16.5. The highest BCUT2D eigenvalue weighted by molar-refractivity contribution is 7.99. The summed E-state index contributed by atoms with van der Waals surface area (Å²) in [6.45, 7) is 3.72. The summed E-state index contributed by atoms with van der Waals surface area (Å²) in [7, 11) is 0. The molecule has 2 unspecified atom stereocenters. The van der Waals surface area contributed by atoms with Crippen LogP contribution < -0.4 is 10.6 Å². The molecule has 0 aliphatic carbocycles. The van der Waals surface area contributed by atoms with E-state index in [1.54, 1.807) is 4.90 Å². The molecule has 0 radical (unpaired) electrons. The normalized spacial score (nSPS) is 18.0. The lowest BCUT2D eigenvalue weighted by molar-refractivity contribution is -0.142. The molecule has 10 nitrogen and oxygen atoms in total. The van der Waals surface area contributed by atoms with Gasteiger partial charge >= 0.3 is 6.09 Å². The second-order valence-electron chi connectivity index (χ2n) is 11.4. The molecule has 1 saturated heterocycles. The molecule has 1 fully saturated rings. The van der Waals surface area contributed by atoms with Crippen LogP contribution in [-0.2, 0) is 27.4 Å². The number of nitrogens with one attached hydrogen (secondary N) is 2. The number of aromatic nitrogens is 1. The summed E-state index contributed by atoms with van der Waals surface area (Å²) in [6, 6.07) is 25.6. The van der Waals surface area contributed by atoms with E-state index in [4.69, 9.17) is 9.15 Å². The van der Waals surface area contributed by atoms with Gasteiger partial charge in [-0.2, -0.15) is 0 Å². The van der Waals surface area contributed by atoms with Crippen LogP contribution in [0.15, 0.2) is 108 Å². The summed E-state index contributed by atoms with van der Waals surface area (Å²) < 4.78 is 10.8. The molecular formula is C35H38N4O6S. The van der Waals surface area contributed by atoms with Crippen LogP contribution in [-0.4, -0.2) is 56.8 Å². The van der Waals surface area contributed by atoms with Crippen molar-refractivity contribution in [2.24, 2.45) is 5.92 Å². The predicted octanol–water partition coefficient (Wildman–Crippen LogP) is 5.03. The quantitative estimate of drug-likeness (QED) is 0.196. The van der Waals surface area contributed by atoms with E-state index in [-0.39, 0.29) is 18.4 Å². The van der Waals surface area contributed by atoms with Crippen molar-refractivity contribution in [3.63, 3.8) is 0 Å². The Morgan fingerprint density at radius 3 is 2.20 bits per heavy atom. The zero-order valence-electron chi connectivity index (χ0n) is 25.7. The van der Waals surface area contributed by atoms with Gasteiger partial charge in [-0.05, 0) is 29.0 Å². The third-order valence-corrected chi connectivity index (χ3v) is 9.10. The first-order chi connectivity index (χ1) is 22.3. The molecule has 3 amide bonds. The zero-order chi connectivity index (χ0) is 32.5. The van der Waals surface area contributed by atoms with Crippen molar-refractivity contribution in [3.8, 4) is 0 Å². The molecule has 3 N–H and O–H groups in total. The Bertz CT molecular complexity index is 1560. The Morgan fingerprint density at radius 1 is 0.957 bits per heavy atom. The minimum Gasteiger partial charge on any atom is -0.446 e. The van der Waals surface area contributed by atoms with Crippen LogP contribution in [0.3, 0.4) is 0 Å². The van der Waals surface area contributed by atoms with Gasteiger partial charge in [-0.25, -0.2) is 9.78 Å². The average Bonchev–Trinajstić information content (AvgIpc) is 3.78. The molecule has 11 heteroatoms. The van der Waals surface area contributed by atoms with Gasteiger partial charge < -0.3 is 29.8 Å². The minimum absolute atomic E-state index is 0.0541. The van der Waals surface area contributed by atoms with Crippen molar-refractivity contribution < 1.29 is 28.6 Å². The topological polar surface area (TPSA) is 134 Å². The van der Waals surface area contributed by atoms with Gasteiger partial charge in [0.05, 0.1) is 12.2 Å². The number of nitrogens with zero attached hydrogens (tertiary/aromatic N) is 2. The molecule has 0 bridgehead atoms. The lowest BCUT2D eigenvalue weighted by atomic mass is 9.99. The van der Waals surface area contributed by atoms with Crippen LogP contribution >= 0.6 is 11.8 Å². The van der Waals surface area contributed by atoms with E-state index in [1.165, 1.54) is 24.2 Å². The van der Waals surface area contributed by atoms with E-state index in [1.807, 2.05) is 105 Å². The Morgan fingerprint density at radius 2 is 1.59 bits per heavy atom. The average molecular weight is 643 g/mol. The van der Waals surface area contributed by atoms with Crippen LogP contribution in [0.25, 0.3) is 0 Å². The zero-order valence-corrected chi connectivity index (χ0v) is 26.5. The number of aliphatic hydroxyl groups excluding tert-OH is 1. The molecule has 0 spiro atoms. The van der Waals surface area contributed by atoms with E-state index in [9.17, 15) is 19.5 Å². The molecule has 4 aromatic rings. The van der Waals surface area contributed by atoms with Gasteiger partial charge in [0.25, 0.3) is 0 Å². The molecule has 0 saturated carbocycles. The van der Waals surface area contributed by atoms with Crippen LogP contribution in [0.4, 0.5) is 4.79 Å². The maximum Gasteiger partial charge on any atom is 0.408 e. The SMILES string of the molecule is CC(C)[C@H](NC(=O)OCc1ccccc1)C(=O)N1C(c2ccccc2)SC[C@H]1C(=O)N[C@@H](Cc1ccccc1)C(O)c1ncco1. The number of rotatable bonds is 12. The number of benzene rings is 3. The van der Waals surface area contributed by atoms with E-state index in [2.05, 4.69) is 15.6 Å². The summed E-state index contributed by atoms with van der Waals surface area (Å²) in [6.07, 6.45) is 1.14. The molecule has 46 heavy (non-hydrogen) atoms. The van der Waals surface area contributed by atoms with Crippen LogP contribution in [0.1, 0.15) is 47.9 Å². The number of oxazole rings is 1. The molecule has 240 valence electrons. The monoisotopic (exact) mass is 642 g/mol. The molecular weight excluding hydrogens is 604 g/mol. The molecule has 5 atom stereocenters. The van der Waals surface area contributed by atoms with Crippen molar-refractivity contribution >= 4 is 29.7 Å². The highest BCUT2D eigenvalue weighted by Crippen LogP contribution is 2.42. The Labute approximate surface area is 272 Å². The summed E-state index contributed by atoms with van der Waals surface area (Å²) >= 11 is 1.47. The van der Waals surface area contributed by atoms with E-state index in [0.717, 1.165) is 16.7 Å². The first-order valence-electron chi connectivity index (χ1n) is 15.2. The van der Waals surface area contributed by atoms with Gasteiger partial charge in [-0.1, -0.05) is 105 Å². The lowest BCUT2D eigenvalue weighted by Gasteiger charge is -2.34. The fourth-order valence-corrected chi connectivity index (χ4v) is 6.80. The van der Waals surface area contributed by atoms with Crippen molar-refractivity contribution in [1.82, 2.24) is 20.5 Å². The Kier molecular flexibility index (Phi) is 11.1. The third-order valence-electron chi connectivity index (χ3n) is 7.77. The fraction of sp³-hybridized carbons (Fsp3) is 0.314. The molecule has 1 aromatic heterocycles. The van der Waals surface area contributed by atoms with E-state index >= 15 is 0 Å². The molecule has 2 heterocycles. The van der Waals surface area contributed by atoms with Crippen molar-refractivity contribution in [3.05, 3.63) is 126 Å². The molecule has 1 aliphatic rings. The summed E-state index contributed by atoms with van der Waals surface area (Å²) in [5.41, 5.74) is 2.57. The van der Waals surface area contributed by atoms with Gasteiger partial charge in [0.2, 0.25) is 17.7 Å². The number of amides is 3. The first kappa shape index (κ1) is 32.8. The number of carbonyl (C=O) groups is 3. The van der Waals surface area contributed by atoms with Crippen LogP contribution in [0, 0.1) is 5.92 Å². The molecule has 3 aromatic carbocycles. The maximum absolute atomic E-state index is 14.4. The maximum atomic E-state index is 14.4. The number of alkyl carbamates (subject to hydrolysis) is 1. The summed E-state index contributed by atoms with van der Waals surface area (Å²) in [5.74, 6) is -0.748. The number of hydrogen-bond donors (Lipinski definition) is 3. The molecule has 5 rings (SSSR count). The standard InChI is InChI=1S/C35H38N4O6S/c1-23(2)29(38-35(43)45-21-25-14-8-4-9-15-25)33(42)39-28(22-46-34(39)26-16-10-5-11-17-26)31(41)37-27(20-24-12-6-3-7-13-24)30(40)32-36-18-19-44-32/h3-19,23,27-30,34,40H,20-22H2,1-2H3,(H,37,41)(H,38,43)/t27-,28-,29-,30?,34?/m0/s1. The van der Waals surface area contributed by atoms with Gasteiger partial charge in [0.15, 0.2) is 6.10 Å². The van der Waals surface area contributed by atoms with Crippen molar-refractivity contribution in [1.29, 1.82) is 0 Å². The van der Waals surface area contributed by atoms with Crippen molar-refractivity contribution in [2.45, 2.75) is 56.5 Å². The second kappa shape index (κ2) is 15.6. The van der Waals surface area contributed by atoms with E-state index < -0.39 is 47.5 Å². The lowest BCUT2D eigenvalue weighted by Crippen LogP contribution is -2.57. The van der Waals surface area contributed by atoms with Gasteiger partial charge in [-0.15, -0.1) is 11.8 Å². The summed E-state index contributed by atoms with van der Waals surface area (Å²) in [4.78, 5) is 47.0. The minimum atomic E-state index is -1.23. The van der Waals surface area contributed by atoms with Crippen LogP contribution in [0.2, 0.25) is 0 Å². The van der Waals surface area contributed by atoms with Gasteiger partial charge in [0.1, 0.15) is 30.3 Å². The number of thioether (sulfide) groups is 1. The number of carbonyl (C=O) groups excluding carboxylic acids is 3. The van der Waals surface area contributed by atoms with E-state index in [0.29, 0.717) is 12.2 Å². The Balaban J connectivity index is 1.38. The predicted molar refractivity (Wildman–Crippen MR) is 174 cm³/mol. The molecule has 1 aliphatic heterocycles. The Hall–Kier alpha value is -4.61. The third kappa shape index (κ3) is 8.15. The first-order valence-corrected chi connectivity index (χ1v) is 16.2. The van der Waals surface area contributed by atoms with Gasteiger partial charge in [-0.3, -0.25) is 9.59 Å². The number of ether oxygens (including phenoxy) is 1. The highest BCUT2D eigenvalue weighted by atomic mass is 32.2. The van der Waals surface area contributed by atoms with Crippen LogP contribution in [0.5, 0.6) is 0 Å². The van der Waals surface area contributed by atoms with Crippen molar-refractivity contribution in [2.75, 3.05) is 5.75 Å². The smallest absolute Gasteiger partial charge is 0.408 e. The largest absolute Gasteiger partial charge is 0.446 e. The highest BCUT2D eigenvalue weighted by Gasteiger charge is 2.46. The number of hydrogen-bond acceptors (Lipinski definition) is 8. The number of aliphatic hydroxyl groups is 1.